The van der Waals surface area contributed by atoms with Crippen LogP contribution in [0.5, 0.6) is 0 Å². The molecule has 0 unspecified atom stereocenters. The van der Waals surface area contributed by atoms with Gasteiger partial charge in [0.15, 0.2) is 0 Å². The summed E-state index contributed by atoms with van der Waals surface area (Å²) >= 11 is 0. The third-order valence-corrected chi connectivity index (χ3v) is 3.26. The van der Waals surface area contributed by atoms with E-state index in [0.717, 1.165) is 6.42 Å². The lowest BCUT2D eigenvalue weighted by Crippen LogP contribution is -3.00. The van der Waals surface area contributed by atoms with Gasteiger partial charge in [0.25, 0.3) is 0 Å². The van der Waals surface area contributed by atoms with Crippen molar-refractivity contribution in [1.82, 2.24) is 0 Å². The van der Waals surface area contributed by atoms with Gasteiger partial charge in [0.2, 0.25) is 0 Å². The van der Waals surface area contributed by atoms with Crippen LogP contribution in [0.25, 0.3) is 0 Å². The molecule has 0 aliphatic rings. The number of hydrogen-bond donors (Lipinski definition) is 1. The Hall–Kier alpha value is 0.250. The molecule has 0 aromatic carbocycles. The smallest absolute Gasteiger partial charge is 0.0431 e. The van der Waals surface area contributed by atoms with Crippen molar-refractivity contribution in [1.29, 1.82) is 0 Å². The maximum atomic E-state index is 8.63. The van der Waals surface area contributed by atoms with Crippen molar-refractivity contribution in [2.24, 2.45) is 0 Å². The van der Waals surface area contributed by atoms with E-state index >= 15 is 0 Å². The fourth-order valence-electron chi connectivity index (χ4n) is 2.13. The Morgan fingerprint density at radius 2 is 0.824 bits per heavy atom. The highest BCUT2D eigenvalue weighted by Gasteiger charge is 1.92. The van der Waals surface area contributed by atoms with Gasteiger partial charge in [-0.05, 0) is 6.42 Å². The molecule has 0 aromatic heterocycles. The van der Waals surface area contributed by atoms with Gasteiger partial charge in [-0.1, -0.05) is 84.0 Å². The van der Waals surface area contributed by atoms with Gasteiger partial charge in [-0.2, -0.15) is 0 Å². The molecule has 0 aliphatic carbocycles. The molecule has 17 heavy (non-hydrogen) atoms. The van der Waals surface area contributed by atoms with Gasteiger partial charge < -0.3 is 17.5 Å². The molecule has 0 bridgehead atoms. The molecule has 106 valence electrons. The molecule has 0 radical (unpaired) electrons. The van der Waals surface area contributed by atoms with Crippen molar-refractivity contribution in [3.05, 3.63) is 0 Å². The van der Waals surface area contributed by atoms with Crippen LogP contribution >= 0.6 is 0 Å². The molecule has 1 nitrogen and oxygen atoms in total. The van der Waals surface area contributed by atoms with E-state index in [2.05, 4.69) is 6.92 Å². The van der Waals surface area contributed by atoms with Gasteiger partial charge in [-0.3, -0.25) is 0 Å². The summed E-state index contributed by atoms with van der Waals surface area (Å²) in [6, 6.07) is 0. The summed E-state index contributed by atoms with van der Waals surface area (Å²) in [6.45, 7) is 2.65. The highest BCUT2D eigenvalue weighted by atomic mass is 35.5. The van der Waals surface area contributed by atoms with Crippen molar-refractivity contribution in [2.45, 2.75) is 90.4 Å². The minimum Gasteiger partial charge on any atom is -1.00 e. The zero-order valence-corrected chi connectivity index (χ0v) is 12.5. The normalized spacial score (nSPS) is 10.2. The summed E-state index contributed by atoms with van der Waals surface area (Å²) in [5.41, 5.74) is 0. The second-order valence-electron chi connectivity index (χ2n) is 4.97. The summed E-state index contributed by atoms with van der Waals surface area (Å²) < 4.78 is 0. The van der Waals surface area contributed by atoms with E-state index in [1.54, 1.807) is 0 Å². The second kappa shape index (κ2) is 18.6. The highest BCUT2D eigenvalue weighted by Crippen LogP contribution is 2.12. The van der Waals surface area contributed by atoms with E-state index in [1.165, 1.54) is 77.0 Å². The molecule has 0 spiro atoms. The largest absolute Gasteiger partial charge is 1.00 e. The van der Waals surface area contributed by atoms with Crippen LogP contribution < -0.4 is 12.4 Å². The van der Waals surface area contributed by atoms with Crippen LogP contribution in [-0.2, 0) is 0 Å². The molecule has 0 amide bonds. The Balaban J connectivity index is 0. The summed E-state index contributed by atoms with van der Waals surface area (Å²) in [5.74, 6) is 0. The zero-order valence-electron chi connectivity index (χ0n) is 11.7. The van der Waals surface area contributed by atoms with Crippen molar-refractivity contribution in [3.63, 3.8) is 0 Å². The van der Waals surface area contributed by atoms with Gasteiger partial charge in [-0.25, -0.2) is 0 Å². The van der Waals surface area contributed by atoms with Crippen LogP contribution in [0.1, 0.15) is 90.4 Å². The maximum Gasteiger partial charge on any atom is 0.0431 e. The van der Waals surface area contributed by atoms with Crippen LogP contribution in [0.2, 0.25) is 0 Å². The fraction of sp³-hybridized carbons (Fsp3) is 1.00. The highest BCUT2D eigenvalue weighted by molar-refractivity contribution is 4.48. The topological polar surface area (TPSA) is 20.2 Å². The molecule has 0 aliphatic heterocycles. The predicted octanol–water partition coefficient (Wildman–Crippen LogP) is 2.07. The average molecular weight is 264 g/mol. The summed E-state index contributed by atoms with van der Waals surface area (Å²) in [7, 11) is 0. The standard InChI is InChI=1S/C15H32O.ClH/c1-2-3-4-5-6-7-8-9-10-11-12-13-14-15-16;/h16H,2-15H2,1H3;1H/p-1. The minimum atomic E-state index is 0. The van der Waals surface area contributed by atoms with Gasteiger partial charge in [0, 0.05) is 6.61 Å². The Morgan fingerprint density at radius 1 is 0.529 bits per heavy atom. The lowest BCUT2D eigenvalue weighted by Gasteiger charge is -2.02. The number of aliphatic hydroxyl groups is 1. The van der Waals surface area contributed by atoms with Gasteiger partial charge in [0.1, 0.15) is 0 Å². The molecule has 0 heterocycles. The molecule has 0 saturated carbocycles. The average Bonchev–Trinajstić information content (AvgIpc) is 2.31. The summed E-state index contributed by atoms with van der Waals surface area (Å²) in [4.78, 5) is 0. The van der Waals surface area contributed by atoms with Crippen LogP contribution in [0, 0.1) is 0 Å². The van der Waals surface area contributed by atoms with Gasteiger partial charge in [0.05, 0.1) is 0 Å². The van der Waals surface area contributed by atoms with E-state index in [-0.39, 0.29) is 12.4 Å². The Kier molecular flexibility index (Phi) is 21.4. The van der Waals surface area contributed by atoms with E-state index in [9.17, 15) is 0 Å². The van der Waals surface area contributed by atoms with Gasteiger partial charge >= 0.3 is 0 Å². The van der Waals surface area contributed by atoms with Crippen LogP contribution in [0.4, 0.5) is 0 Å². The predicted molar refractivity (Wildman–Crippen MR) is 72.8 cm³/mol. The lowest BCUT2D eigenvalue weighted by molar-refractivity contribution is -0.00000474. The first-order chi connectivity index (χ1) is 7.91. The Morgan fingerprint density at radius 3 is 1.12 bits per heavy atom. The first-order valence-electron chi connectivity index (χ1n) is 7.52. The number of unbranched alkanes of at least 4 members (excludes halogenated alkanes) is 12. The quantitative estimate of drug-likeness (QED) is 0.505. The number of hydrogen-bond acceptors (Lipinski definition) is 1. The third kappa shape index (κ3) is 18.8. The van der Waals surface area contributed by atoms with Crippen molar-refractivity contribution < 1.29 is 17.5 Å². The van der Waals surface area contributed by atoms with Gasteiger partial charge in [-0.15, -0.1) is 0 Å². The molecular weight excluding hydrogens is 232 g/mol. The molecule has 0 saturated heterocycles. The molecule has 0 aromatic rings. The number of aliphatic hydroxyl groups excluding tert-OH is 1. The Labute approximate surface area is 115 Å². The first-order valence-corrected chi connectivity index (χ1v) is 7.52. The van der Waals surface area contributed by atoms with E-state index in [4.69, 9.17) is 5.11 Å². The minimum absolute atomic E-state index is 0. The first kappa shape index (κ1) is 19.6. The van der Waals surface area contributed by atoms with E-state index in [0.29, 0.717) is 6.61 Å². The van der Waals surface area contributed by atoms with Crippen molar-refractivity contribution >= 4 is 0 Å². The Bertz CT molecular complexity index is 103. The van der Waals surface area contributed by atoms with E-state index in [1.807, 2.05) is 0 Å². The maximum absolute atomic E-state index is 8.63. The molecule has 0 rings (SSSR count). The number of rotatable bonds is 13. The fourth-order valence-corrected chi connectivity index (χ4v) is 2.13. The monoisotopic (exact) mass is 263 g/mol. The molecule has 0 fully saturated rings. The van der Waals surface area contributed by atoms with Crippen LogP contribution in [0.15, 0.2) is 0 Å². The zero-order chi connectivity index (χ0) is 11.9. The van der Waals surface area contributed by atoms with Crippen LogP contribution in [0.3, 0.4) is 0 Å². The van der Waals surface area contributed by atoms with E-state index < -0.39 is 0 Å². The molecular formula is C15H32ClO-. The summed E-state index contributed by atoms with van der Waals surface area (Å²) in [5, 5.41) is 8.63. The molecule has 0 atom stereocenters. The van der Waals surface area contributed by atoms with Crippen LogP contribution in [-0.4, -0.2) is 11.7 Å². The molecule has 2 heteroatoms. The van der Waals surface area contributed by atoms with Crippen molar-refractivity contribution in [3.8, 4) is 0 Å². The summed E-state index contributed by atoms with van der Waals surface area (Å²) in [6.07, 6.45) is 17.7. The second-order valence-corrected chi connectivity index (χ2v) is 4.97. The third-order valence-electron chi connectivity index (χ3n) is 3.26. The van der Waals surface area contributed by atoms with Crippen molar-refractivity contribution in [2.75, 3.05) is 6.61 Å². The number of halogens is 1. The lowest BCUT2D eigenvalue weighted by atomic mass is 10.0. The SMILES string of the molecule is CCCCCCCCCCCCCCCO.[Cl-]. The molecule has 1 N–H and O–H groups in total.